The van der Waals surface area contributed by atoms with Crippen molar-refractivity contribution in [2.75, 3.05) is 25.5 Å². The van der Waals surface area contributed by atoms with Crippen LogP contribution in [-0.4, -0.2) is 25.5 Å². The van der Waals surface area contributed by atoms with Gasteiger partial charge in [0.1, 0.15) is 0 Å². The summed E-state index contributed by atoms with van der Waals surface area (Å²) in [6, 6.07) is 0. The molecule has 0 amide bonds. The van der Waals surface area contributed by atoms with E-state index < -0.39 is 0 Å². The van der Waals surface area contributed by atoms with Gasteiger partial charge in [0, 0.05) is 19.0 Å². The third-order valence-electron chi connectivity index (χ3n) is 1.06. The summed E-state index contributed by atoms with van der Waals surface area (Å²) < 4.78 is 0. The summed E-state index contributed by atoms with van der Waals surface area (Å²) in [5.41, 5.74) is 5.25. The SMILES string of the molecule is NCCNCCCCCl. The van der Waals surface area contributed by atoms with E-state index in [2.05, 4.69) is 5.32 Å². The zero-order chi connectivity index (χ0) is 6.95. The average Bonchev–Trinajstić information content (AvgIpc) is 1.89. The number of hydrogen-bond acceptors (Lipinski definition) is 2. The van der Waals surface area contributed by atoms with E-state index in [-0.39, 0.29) is 0 Å². The Hall–Kier alpha value is 0.210. The molecule has 0 fully saturated rings. The first-order valence-corrected chi connectivity index (χ1v) is 3.92. The highest BCUT2D eigenvalue weighted by Crippen LogP contribution is 1.88. The maximum absolute atomic E-state index is 5.46. The van der Waals surface area contributed by atoms with Crippen LogP contribution in [0.25, 0.3) is 0 Å². The molecule has 0 saturated heterocycles. The van der Waals surface area contributed by atoms with Crippen LogP contribution >= 0.6 is 11.6 Å². The summed E-state index contributed by atoms with van der Waals surface area (Å²) >= 11 is 5.46. The summed E-state index contributed by atoms with van der Waals surface area (Å²) in [7, 11) is 0. The van der Waals surface area contributed by atoms with Gasteiger partial charge in [-0.15, -0.1) is 11.6 Å². The van der Waals surface area contributed by atoms with Crippen LogP contribution in [0.5, 0.6) is 0 Å². The third kappa shape index (κ3) is 8.21. The molecule has 0 spiro atoms. The number of halogens is 1. The van der Waals surface area contributed by atoms with Crippen molar-refractivity contribution in [3.8, 4) is 0 Å². The van der Waals surface area contributed by atoms with Gasteiger partial charge < -0.3 is 11.1 Å². The minimum absolute atomic E-state index is 0.723. The molecule has 0 aliphatic carbocycles. The molecule has 0 unspecified atom stereocenters. The number of nitrogens with one attached hydrogen (secondary N) is 1. The Labute approximate surface area is 61.8 Å². The first-order valence-electron chi connectivity index (χ1n) is 3.38. The maximum atomic E-state index is 5.46. The number of alkyl halides is 1. The molecule has 2 nitrogen and oxygen atoms in total. The van der Waals surface area contributed by atoms with Crippen molar-refractivity contribution in [2.24, 2.45) is 5.73 Å². The van der Waals surface area contributed by atoms with Crippen LogP contribution in [0.3, 0.4) is 0 Å². The topological polar surface area (TPSA) is 38.0 Å². The minimum Gasteiger partial charge on any atom is -0.329 e. The van der Waals surface area contributed by atoms with Gasteiger partial charge in [-0.3, -0.25) is 0 Å². The number of unbranched alkanes of at least 4 members (excludes halogenated alkanes) is 1. The molecule has 0 aliphatic heterocycles. The predicted octanol–water partition coefficient (Wildman–Crippen LogP) is 0.554. The van der Waals surface area contributed by atoms with Gasteiger partial charge in [0.05, 0.1) is 0 Å². The summed E-state index contributed by atoms with van der Waals surface area (Å²) in [4.78, 5) is 0. The number of rotatable bonds is 6. The van der Waals surface area contributed by atoms with Gasteiger partial charge in [0.2, 0.25) is 0 Å². The van der Waals surface area contributed by atoms with Crippen molar-refractivity contribution in [3.63, 3.8) is 0 Å². The normalized spacial score (nSPS) is 10.0. The lowest BCUT2D eigenvalue weighted by Gasteiger charge is -1.99. The molecule has 0 aromatic heterocycles. The fraction of sp³-hybridized carbons (Fsp3) is 1.00. The van der Waals surface area contributed by atoms with Crippen LogP contribution in [0.4, 0.5) is 0 Å². The average molecular weight is 151 g/mol. The summed E-state index contributed by atoms with van der Waals surface area (Å²) in [6.07, 6.45) is 2.25. The van der Waals surface area contributed by atoms with E-state index in [4.69, 9.17) is 17.3 Å². The van der Waals surface area contributed by atoms with Crippen molar-refractivity contribution in [1.82, 2.24) is 5.32 Å². The van der Waals surface area contributed by atoms with Crippen LogP contribution in [0.1, 0.15) is 12.8 Å². The first-order chi connectivity index (χ1) is 4.41. The highest BCUT2D eigenvalue weighted by molar-refractivity contribution is 6.17. The largest absolute Gasteiger partial charge is 0.329 e. The molecule has 0 saturated carbocycles. The second-order valence-electron chi connectivity index (χ2n) is 1.93. The van der Waals surface area contributed by atoms with Crippen molar-refractivity contribution in [1.29, 1.82) is 0 Å². The molecule has 0 atom stereocenters. The predicted molar refractivity (Wildman–Crippen MR) is 41.9 cm³/mol. The fourth-order valence-corrected chi connectivity index (χ4v) is 0.761. The van der Waals surface area contributed by atoms with Crippen molar-refractivity contribution >= 4 is 11.6 Å². The molecule has 0 heterocycles. The Kier molecular flexibility index (Phi) is 8.40. The molecule has 9 heavy (non-hydrogen) atoms. The maximum Gasteiger partial charge on any atom is 0.0223 e. The summed E-state index contributed by atoms with van der Waals surface area (Å²) in [6.45, 7) is 2.69. The lowest BCUT2D eigenvalue weighted by atomic mass is 10.3. The zero-order valence-electron chi connectivity index (χ0n) is 5.70. The van der Waals surface area contributed by atoms with Gasteiger partial charge in [0.25, 0.3) is 0 Å². The van der Waals surface area contributed by atoms with Crippen LogP contribution in [-0.2, 0) is 0 Å². The zero-order valence-corrected chi connectivity index (χ0v) is 6.45. The Bertz CT molecular complexity index is 44.3. The second kappa shape index (κ2) is 8.21. The lowest BCUT2D eigenvalue weighted by molar-refractivity contribution is 0.647. The van der Waals surface area contributed by atoms with Crippen molar-refractivity contribution in [2.45, 2.75) is 12.8 Å². The van der Waals surface area contributed by atoms with Crippen LogP contribution < -0.4 is 11.1 Å². The molecule has 3 N–H and O–H groups in total. The van der Waals surface area contributed by atoms with E-state index >= 15 is 0 Å². The number of nitrogens with two attached hydrogens (primary N) is 1. The van der Waals surface area contributed by atoms with Crippen LogP contribution in [0.15, 0.2) is 0 Å². The van der Waals surface area contributed by atoms with Gasteiger partial charge in [0.15, 0.2) is 0 Å². The Morgan fingerprint density at radius 1 is 1.22 bits per heavy atom. The Balaban J connectivity index is 2.60. The van der Waals surface area contributed by atoms with Gasteiger partial charge in [-0.2, -0.15) is 0 Å². The molecular formula is C6H15ClN2. The molecule has 0 rings (SSSR count). The van der Waals surface area contributed by atoms with E-state index in [1.165, 1.54) is 0 Å². The van der Waals surface area contributed by atoms with Crippen LogP contribution in [0.2, 0.25) is 0 Å². The van der Waals surface area contributed by atoms with Gasteiger partial charge >= 0.3 is 0 Å². The Morgan fingerprint density at radius 2 is 2.00 bits per heavy atom. The summed E-state index contributed by atoms with van der Waals surface area (Å²) in [5.74, 6) is 0.768. The molecule has 0 aromatic carbocycles. The first kappa shape index (κ1) is 9.21. The third-order valence-corrected chi connectivity index (χ3v) is 1.33. The highest BCUT2D eigenvalue weighted by atomic mass is 35.5. The number of hydrogen-bond donors (Lipinski definition) is 2. The van der Waals surface area contributed by atoms with E-state index in [1.807, 2.05) is 0 Å². The van der Waals surface area contributed by atoms with E-state index in [0.29, 0.717) is 0 Å². The molecule has 56 valence electrons. The Morgan fingerprint density at radius 3 is 2.56 bits per heavy atom. The summed E-state index contributed by atoms with van der Waals surface area (Å²) in [5, 5.41) is 3.19. The van der Waals surface area contributed by atoms with E-state index in [1.54, 1.807) is 0 Å². The molecule has 0 aromatic rings. The van der Waals surface area contributed by atoms with Crippen LogP contribution in [0, 0.1) is 0 Å². The molecular weight excluding hydrogens is 136 g/mol. The van der Waals surface area contributed by atoms with E-state index in [0.717, 1.165) is 38.4 Å². The van der Waals surface area contributed by atoms with Gasteiger partial charge in [-0.05, 0) is 19.4 Å². The monoisotopic (exact) mass is 150 g/mol. The van der Waals surface area contributed by atoms with Crippen molar-refractivity contribution < 1.29 is 0 Å². The molecule has 0 bridgehead atoms. The lowest BCUT2D eigenvalue weighted by Crippen LogP contribution is -2.23. The quantitative estimate of drug-likeness (QED) is 0.429. The minimum atomic E-state index is 0.723. The van der Waals surface area contributed by atoms with E-state index in [9.17, 15) is 0 Å². The molecule has 3 heteroatoms. The van der Waals surface area contributed by atoms with Gasteiger partial charge in [-0.25, -0.2) is 0 Å². The fourth-order valence-electron chi connectivity index (χ4n) is 0.572. The second-order valence-corrected chi connectivity index (χ2v) is 2.31. The highest BCUT2D eigenvalue weighted by Gasteiger charge is 1.84. The molecule has 0 radical (unpaired) electrons. The standard InChI is InChI=1S/C6H15ClN2/c7-3-1-2-5-9-6-4-8/h9H,1-6,8H2. The smallest absolute Gasteiger partial charge is 0.0223 e. The molecule has 0 aliphatic rings. The van der Waals surface area contributed by atoms with Crippen molar-refractivity contribution in [3.05, 3.63) is 0 Å². The van der Waals surface area contributed by atoms with Gasteiger partial charge in [-0.1, -0.05) is 0 Å².